The number of benzene rings is 1. The van der Waals surface area contributed by atoms with Crippen molar-refractivity contribution in [2.24, 2.45) is 11.8 Å². The van der Waals surface area contributed by atoms with Crippen LogP contribution in [0.15, 0.2) is 42.6 Å². The summed E-state index contributed by atoms with van der Waals surface area (Å²) in [5.41, 5.74) is 0.896. The highest BCUT2D eigenvalue weighted by atomic mass is 16.4. The van der Waals surface area contributed by atoms with E-state index in [1.165, 1.54) is 0 Å². The van der Waals surface area contributed by atoms with E-state index in [1.807, 2.05) is 37.3 Å². The number of unbranched alkanes of at least 4 members (excludes halogenated alkanes) is 1. The molecule has 1 amide bonds. The fraction of sp³-hybridized carbons (Fsp3) is 0.421. The highest BCUT2D eigenvalue weighted by Gasteiger charge is 2.21. The molecular formula is C19H24N3O3-. The van der Waals surface area contributed by atoms with Gasteiger partial charge in [0.1, 0.15) is 0 Å². The number of hydrogen-bond acceptors (Lipinski definition) is 4. The van der Waals surface area contributed by atoms with E-state index in [1.54, 1.807) is 23.9 Å². The molecule has 0 saturated carbocycles. The number of anilines is 1. The Balaban J connectivity index is 1.93. The zero-order chi connectivity index (χ0) is 18.2. The number of carbonyl (C=O) groups excluding carboxylic acids is 2. The van der Waals surface area contributed by atoms with E-state index >= 15 is 0 Å². The molecule has 0 spiro atoms. The molecule has 0 aliphatic rings. The van der Waals surface area contributed by atoms with Gasteiger partial charge in [-0.15, -0.1) is 0 Å². The molecule has 1 N–H and O–H groups in total. The number of hydrogen-bond donors (Lipinski definition) is 1. The molecule has 2 aromatic rings. The van der Waals surface area contributed by atoms with Crippen LogP contribution in [0, 0.1) is 11.8 Å². The van der Waals surface area contributed by atoms with Gasteiger partial charge in [0, 0.05) is 30.6 Å². The fourth-order valence-electron chi connectivity index (χ4n) is 2.80. The number of aliphatic carboxylic acids is 1. The third-order valence-electron chi connectivity index (χ3n) is 4.24. The summed E-state index contributed by atoms with van der Waals surface area (Å²) >= 11 is 0. The minimum Gasteiger partial charge on any atom is -0.550 e. The van der Waals surface area contributed by atoms with E-state index in [9.17, 15) is 14.7 Å². The maximum atomic E-state index is 12.2. The molecule has 134 valence electrons. The number of nitrogens with one attached hydrogen (secondary N) is 1. The summed E-state index contributed by atoms with van der Waals surface area (Å²) in [7, 11) is 0. The Hall–Kier alpha value is -2.63. The number of rotatable bonds is 9. The first-order chi connectivity index (χ1) is 12.0. The van der Waals surface area contributed by atoms with Gasteiger partial charge < -0.3 is 15.2 Å². The molecule has 0 aliphatic carbocycles. The first-order valence-electron chi connectivity index (χ1n) is 8.63. The quantitative estimate of drug-likeness (QED) is 0.758. The Labute approximate surface area is 147 Å². The predicted molar refractivity (Wildman–Crippen MR) is 94.0 cm³/mol. The smallest absolute Gasteiger partial charge is 0.225 e. The van der Waals surface area contributed by atoms with Crippen molar-refractivity contribution in [1.82, 2.24) is 9.78 Å². The number of aromatic nitrogens is 2. The Kier molecular flexibility index (Phi) is 6.74. The number of carboxylic acid groups (broad SMARTS) is 1. The minimum absolute atomic E-state index is 0.126. The van der Waals surface area contributed by atoms with Crippen LogP contribution >= 0.6 is 0 Å². The zero-order valence-corrected chi connectivity index (χ0v) is 14.6. The molecule has 2 atom stereocenters. The first kappa shape index (κ1) is 18.7. The van der Waals surface area contributed by atoms with E-state index in [0.717, 1.165) is 18.5 Å². The van der Waals surface area contributed by atoms with Crippen molar-refractivity contribution >= 4 is 17.7 Å². The van der Waals surface area contributed by atoms with Gasteiger partial charge in [0.05, 0.1) is 5.69 Å². The van der Waals surface area contributed by atoms with Crippen LogP contribution in [0.2, 0.25) is 0 Å². The van der Waals surface area contributed by atoms with E-state index < -0.39 is 11.9 Å². The van der Waals surface area contributed by atoms with Crippen molar-refractivity contribution in [3.63, 3.8) is 0 Å². The summed E-state index contributed by atoms with van der Waals surface area (Å²) in [6.45, 7) is 3.78. The van der Waals surface area contributed by atoms with Gasteiger partial charge in [-0.2, -0.15) is 5.10 Å². The van der Waals surface area contributed by atoms with Gasteiger partial charge in [0.15, 0.2) is 5.82 Å². The molecule has 0 unspecified atom stereocenters. The van der Waals surface area contributed by atoms with E-state index in [0.29, 0.717) is 12.2 Å². The van der Waals surface area contributed by atoms with E-state index in [-0.39, 0.29) is 18.2 Å². The summed E-state index contributed by atoms with van der Waals surface area (Å²) in [6, 6.07) is 11.3. The Morgan fingerprint density at radius 3 is 2.60 bits per heavy atom. The van der Waals surface area contributed by atoms with Crippen LogP contribution < -0.4 is 10.4 Å². The molecule has 6 nitrogen and oxygen atoms in total. The SMILES string of the molecule is CCCC[C@H](C(=O)[O-])[C@@H](C)CC(=O)Nc1ccn(-c2ccccc2)n1. The standard InChI is InChI=1S/C19H25N3O3/c1-3-4-10-16(19(24)25)14(2)13-18(23)20-17-11-12-22(21-17)15-8-6-5-7-9-15/h5-9,11-12,14,16H,3-4,10,13H2,1-2H3,(H,24,25)(H,20,21,23)/p-1/t14-,16-/m0/s1. The van der Waals surface area contributed by atoms with Crippen molar-refractivity contribution in [1.29, 1.82) is 0 Å². The summed E-state index contributed by atoms with van der Waals surface area (Å²) in [5.74, 6) is -1.77. The highest BCUT2D eigenvalue weighted by molar-refractivity contribution is 5.90. The molecule has 1 aromatic heterocycles. The van der Waals surface area contributed by atoms with Crippen LogP contribution in [0.1, 0.15) is 39.5 Å². The molecule has 0 bridgehead atoms. The Bertz CT molecular complexity index is 697. The third-order valence-corrected chi connectivity index (χ3v) is 4.24. The number of carbonyl (C=O) groups is 2. The lowest BCUT2D eigenvalue weighted by Crippen LogP contribution is -2.36. The van der Waals surface area contributed by atoms with Crippen LogP contribution in [-0.2, 0) is 9.59 Å². The van der Waals surface area contributed by atoms with Crippen molar-refractivity contribution in [3.8, 4) is 5.69 Å². The van der Waals surface area contributed by atoms with Crippen LogP contribution in [-0.4, -0.2) is 21.7 Å². The van der Waals surface area contributed by atoms with Gasteiger partial charge in [-0.1, -0.05) is 44.9 Å². The average molecular weight is 342 g/mol. The van der Waals surface area contributed by atoms with Crippen molar-refractivity contribution in [3.05, 3.63) is 42.6 Å². The Morgan fingerprint density at radius 2 is 1.96 bits per heavy atom. The lowest BCUT2D eigenvalue weighted by molar-refractivity contribution is -0.313. The van der Waals surface area contributed by atoms with Crippen LogP contribution in [0.5, 0.6) is 0 Å². The minimum atomic E-state index is -1.08. The highest BCUT2D eigenvalue weighted by Crippen LogP contribution is 2.22. The summed E-state index contributed by atoms with van der Waals surface area (Å²) in [6.07, 6.45) is 4.15. The zero-order valence-electron chi connectivity index (χ0n) is 14.6. The second kappa shape index (κ2) is 9.01. The lowest BCUT2D eigenvalue weighted by atomic mass is 9.87. The van der Waals surface area contributed by atoms with Crippen molar-refractivity contribution in [2.45, 2.75) is 39.5 Å². The van der Waals surface area contributed by atoms with Crippen LogP contribution in [0.25, 0.3) is 5.69 Å². The van der Waals surface area contributed by atoms with Gasteiger partial charge >= 0.3 is 0 Å². The summed E-state index contributed by atoms with van der Waals surface area (Å²) in [5, 5.41) is 18.3. The topological polar surface area (TPSA) is 87.0 Å². The average Bonchev–Trinajstić information content (AvgIpc) is 3.04. The molecule has 6 heteroatoms. The van der Waals surface area contributed by atoms with Crippen molar-refractivity contribution in [2.75, 3.05) is 5.32 Å². The number of carboxylic acids is 1. The van der Waals surface area contributed by atoms with Gasteiger partial charge in [0.25, 0.3) is 0 Å². The number of para-hydroxylation sites is 1. The molecule has 0 saturated heterocycles. The van der Waals surface area contributed by atoms with Gasteiger partial charge in [-0.05, 0) is 24.5 Å². The van der Waals surface area contributed by atoms with E-state index in [2.05, 4.69) is 10.4 Å². The maximum absolute atomic E-state index is 12.2. The van der Waals surface area contributed by atoms with Gasteiger partial charge in [-0.25, -0.2) is 4.68 Å². The number of amides is 1. The molecule has 25 heavy (non-hydrogen) atoms. The molecule has 0 aliphatic heterocycles. The largest absolute Gasteiger partial charge is 0.550 e. The molecule has 0 radical (unpaired) electrons. The number of nitrogens with zero attached hydrogens (tertiary/aromatic N) is 2. The van der Waals surface area contributed by atoms with Crippen molar-refractivity contribution < 1.29 is 14.7 Å². The van der Waals surface area contributed by atoms with E-state index in [4.69, 9.17) is 0 Å². The second-order valence-corrected chi connectivity index (χ2v) is 6.28. The third kappa shape index (κ3) is 5.45. The molecule has 1 heterocycles. The summed E-state index contributed by atoms with van der Waals surface area (Å²) < 4.78 is 1.67. The normalized spacial score (nSPS) is 13.2. The van der Waals surface area contributed by atoms with Gasteiger partial charge in [0.2, 0.25) is 5.91 Å². The lowest BCUT2D eigenvalue weighted by Gasteiger charge is -2.24. The monoisotopic (exact) mass is 342 g/mol. The second-order valence-electron chi connectivity index (χ2n) is 6.28. The van der Waals surface area contributed by atoms with Crippen LogP contribution in [0.4, 0.5) is 5.82 Å². The Morgan fingerprint density at radius 1 is 1.24 bits per heavy atom. The predicted octanol–water partition coefficient (Wildman–Crippen LogP) is 2.39. The molecule has 0 fully saturated rings. The fourth-order valence-corrected chi connectivity index (χ4v) is 2.80. The van der Waals surface area contributed by atoms with Crippen LogP contribution in [0.3, 0.4) is 0 Å². The summed E-state index contributed by atoms with van der Waals surface area (Å²) in [4.78, 5) is 23.5. The molecular weight excluding hydrogens is 318 g/mol. The van der Waals surface area contributed by atoms with Gasteiger partial charge in [-0.3, -0.25) is 4.79 Å². The molecule has 1 aromatic carbocycles. The first-order valence-corrected chi connectivity index (χ1v) is 8.63. The molecule has 2 rings (SSSR count). The maximum Gasteiger partial charge on any atom is 0.225 e.